The Kier molecular flexibility index (Phi) is 6.34. The Balaban J connectivity index is 1.87. The number of nitrogens with one attached hydrogen (secondary N) is 2. The van der Waals surface area contributed by atoms with Crippen molar-refractivity contribution in [2.45, 2.75) is 57.9 Å². The summed E-state index contributed by atoms with van der Waals surface area (Å²) in [5.41, 5.74) is -0.564. The second-order valence-corrected chi connectivity index (χ2v) is 7.49. The first-order valence-corrected chi connectivity index (χ1v) is 9.89. The van der Waals surface area contributed by atoms with Gasteiger partial charge in [0.2, 0.25) is 5.91 Å². The van der Waals surface area contributed by atoms with Gasteiger partial charge in [-0.25, -0.2) is 9.78 Å². The second-order valence-electron chi connectivity index (χ2n) is 7.49. The molecule has 1 aliphatic heterocycles. The third-order valence-electron chi connectivity index (χ3n) is 5.31. The maximum Gasteiger partial charge on any atom is 0.405 e. The van der Waals surface area contributed by atoms with Gasteiger partial charge in [0, 0.05) is 13.6 Å². The van der Waals surface area contributed by atoms with Crippen molar-refractivity contribution in [3.8, 4) is 0 Å². The van der Waals surface area contributed by atoms with Gasteiger partial charge in [0.1, 0.15) is 12.4 Å². The van der Waals surface area contributed by atoms with Gasteiger partial charge in [-0.15, -0.1) is 0 Å². The number of nitrogens with zero attached hydrogens (tertiary/aromatic N) is 4. The van der Waals surface area contributed by atoms with Crippen LogP contribution in [0.25, 0.3) is 11.2 Å². The number of fused-ring (bicyclic) bond motifs is 1. The SMILES string of the molecule is CCCCn1c(=O)[nH]c(=O)c2c1nc(CN1CCCC1C(=O)NCC(F)(F)F)n2C. The van der Waals surface area contributed by atoms with E-state index in [0.29, 0.717) is 31.8 Å². The van der Waals surface area contributed by atoms with Crippen LogP contribution < -0.4 is 16.6 Å². The molecule has 1 aliphatic rings. The van der Waals surface area contributed by atoms with Crippen LogP contribution in [0.3, 0.4) is 0 Å². The molecule has 1 amide bonds. The molecule has 1 saturated heterocycles. The molecule has 0 aliphatic carbocycles. The van der Waals surface area contributed by atoms with Crippen LogP contribution in [0.15, 0.2) is 9.59 Å². The number of carbonyl (C=O) groups excluding carboxylic acids is 1. The van der Waals surface area contributed by atoms with Gasteiger partial charge < -0.3 is 9.88 Å². The summed E-state index contributed by atoms with van der Waals surface area (Å²) in [6.07, 6.45) is -1.78. The fourth-order valence-electron chi connectivity index (χ4n) is 3.76. The molecule has 3 heterocycles. The van der Waals surface area contributed by atoms with Crippen LogP contribution >= 0.6 is 0 Å². The lowest BCUT2D eigenvalue weighted by Crippen LogP contribution is -2.45. The van der Waals surface area contributed by atoms with Gasteiger partial charge in [0.05, 0.1) is 12.6 Å². The monoisotopic (exact) mass is 430 g/mol. The Hall–Kier alpha value is -2.63. The molecule has 0 aromatic carbocycles. The Labute approximate surface area is 169 Å². The van der Waals surface area contributed by atoms with Gasteiger partial charge in [-0.3, -0.25) is 24.0 Å². The summed E-state index contributed by atoms with van der Waals surface area (Å²) >= 11 is 0. The van der Waals surface area contributed by atoms with Crippen LogP contribution in [0.1, 0.15) is 38.4 Å². The van der Waals surface area contributed by atoms with Crippen LogP contribution in [0, 0.1) is 0 Å². The van der Waals surface area contributed by atoms with E-state index < -0.39 is 35.9 Å². The number of amides is 1. The lowest BCUT2D eigenvalue weighted by Gasteiger charge is -2.23. The van der Waals surface area contributed by atoms with E-state index in [9.17, 15) is 27.6 Å². The summed E-state index contributed by atoms with van der Waals surface area (Å²) in [4.78, 5) is 45.3. The molecule has 0 saturated carbocycles. The number of rotatable bonds is 7. The third-order valence-corrected chi connectivity index (χ3v) is 5.31. The summed E-state index contributed by atoms with van der Waals surface area (Å²) in [6, 6.07) is -0.701. The molecule has 166 valence electrons. The van der Waals surface area contributed by atoms with Gasteiger partial charge in [0.15, 0.2) is 11.2 Å². The number of hydrogen-bond acceptors (Lipinski definition) is 5. The lowest BCUT2D eigenvalue weighted by molar-refractivity contribution is -0.141. The first kappa shape index (κ1) is 22.1. The molecule has 1 atom stereocenters. The standard InChI is InChI=1S/C18H25F3N6O3/c1-3-4-8-27-14-13(16(29)24-17(27)30)25(2)12(23-14)9-26-7-5-6-11(26)15(28)22-10-18(19,20)21/h11H,3-10H2,1-2H3,(H,22,28)(H,24,29,30). The molecule has 1 unspecified atom stereocenters. The van der Waals surface area contributed by atoms with Crippen molar-refractivity contribution >= 4 is 17.1 Å². The summed E-state index contributed by atoms with van der Waals surface area (Å²) in [5.74, 6) is -0.219. The highest BCUT2D eigenvalue weighted by Gasteiger charge is 2.34. The molecule has 3 rings (SSSR count). The number of imidazole rings is 1. The number of halogens is 3. The Morgan fingerprint density at radius 3 is 2.73 bits per heavy atom. The number of alkyl halides is 3. The highest BCUT2D eigenvalue weighted by Crippen LogP contribution is 2.22. The largest absolute Gasteiger partial charge is 0.405 e. The smallest absolute Gasteiger partial charge is 0.346 e. The number of hydrogen-bond donors (Lipinski definition) is 2. The lowest BCUT2D eigenvalue weighted by atomic mass is 10.2. The molecule has 0 spiro atoms. The molecular formula is C18H25F3N6O3. The third kappa shape index (κ3) is 4.58. The van der Waals surface area contributed by atoms with Gasteiger partial charge in [0.25, 0.3) is 5.56 Å². The summed E-state index contributed by atoms with van der Waals surface area (Å²) < 4.78 is 40.2. The van der Waals surface area contributed by atoms with Crippen molar-refractivity contribution in [3.63, 3.8) is 0 Å². The second kappa shape index (κ2) is 8.62. The molecule has 2 aromatic heterocycles. The Morgan fingerprint density at radius 1 is 1.33 bits per heavy atom. The molecule has 1 fully saturated rings. The molecule has 2 N–H and O–H groups in total. The number of aryl methyl sites for hydroxylation is 2. The zero-order valence-electron chi connectivity index (χ0n) is 16.9. The van der Waals surface area contributed by atoms with Crippen molar-refractivity contribution < 1.29 is 18.0 Å². The van der Waals surface area contributed by atoms with Gasteiger partial charge in [-0.2, -0.15) is 13.2 Å². The fraction of sp³-hybridized carbons (Fsp3) is 0.667. The van der Waals surface area contributed by atoms with Crippen LogP contribution in [0.5, 0.6) is 0 Å². The van der Waals surface area contributed by atoms with Crippen LogP contribution in [0.2, 0.25) is 0 Å². The highest BCUT2D eigenvalue weighted by atomic mass is 19.4. The first-order chi connectivity index (χ1) is 14.1. The van der Waals surface area contributed by atoms with E-state index in [4.69, 9.17) is 0 Å². The number of unbranched alkanes of at least 4 members (excludes halogenated alkanes) is 1. The van der Waals surface area contributed by atoms with Crippen molar-refractivity contribution in [1.82, 2.24) is 29.3 Å². The van der Waals surface area contributed by atoms with E-state index in [0.717, 1.165) is 12.8 Å². The number of aromatic amines is 1. The molecule has 0 bridgehead atoms. The molecule has 12 heteroatoms. The maximum atomic E-state index is 12.4. The normalized spacial score (nSPS) is 17.7. The van der Waals surface area contributed by atoms with Crippen LogP contribution in [0.4, 0.5) is 13.2 Å². The van der Waals surface area contributed by atoms with E-state index in [2.05, 4.69) is 9.97 Å². The van der Waals surface area contributed by atoms with E-state index in [-0.39, 0.29) is 17.7 Å². The van der Waals surface area contributed by atoms with E-state index in [1.807, 2.05) is 12.2 Å². The highest BCUT2D eigenvalue weighted by molar-refractivity contribution is 5.82. The van der Waals surface area contributed by atoms with Crippen molar-refractivity contribution in [3.05, 3.63) is 26.7 Å². The average Bonchev–Trinajstić information content (AvgIpc) is 3.24. The zero-order valence-corrected chi connectivity index (χ0v) is 16.9. The zero-order chi connectivity index (χ0) is 22.1. The number of aromatic nitrogens is 4. The van der Waals surface area contributed by atoms with Crippen molar-refractivity contribution in [1.29, 1.82) is 0 Å². The summed E-state index contributed by atoms with van der Waals surface area (Å²) in [5, 5.41) is 1.94. The molecule has 2 aromatic rings. The quantitative estimate of drug-likeness (QED) is 0.678. The van der Waals surface area contributed by atoms with E-state index in [1.165, 1.54) is 4.57 Å². The Bertz CT molecular complexity index is 1040. The minimum Gasteiger partial charge on any atom is -0.346 e. The predicted octanol–water partition coefficient (Wildman–Crippen LogP) is 0.866. The number of H-pyrrole nitrogens is 1. The summed E-state index contributed by atoms with van der Waals surface area (Å²) in [7, 11) is 1.64. The number of likely N-dealkylation sites (tertiary alicyclic amines) is 1. The number of carbonyl (C=O) groups is 1. The molecule has 0 radical (unpaired) electrons. The topological polar surface area (TPSA) is 105 Å². The van der Waals surface area contributed by atoms with Gasteiger partial charge in [-0.05, 0) is 25.8 Å². The fourth-order valence-corrected chi connectivity index (χ4v) is 3.76. The maximum absolute atomic E-state index is 12.4. The molecular weight excluding hydrogens is 405 g/mol. The first-order valence-electron chi connectivity index (χ1n) is 9.89. The van der Waals surface area contributed by atoms with Gasteiger partial charge in [-0.1, -0.05) is 13.3 Å². The van der Waals surface area contributed by atoms with Crippen molar-refractivity contribution in [2.24, 2.45) is 7.05 Å². The van der Waals surface area contributed by atoms with E-state index in [1.54, 1.807) is 16.5 Å². The minimum absolute atomic E-state index is 0.177. The van der Waals surface area contributed by atoms with E-state index >= 15 is 0 Å². The minimum atomic E-state index is -4.47. The summed E-state index contributed by atoms with van der Waals surface area (Å²) in [6.45, 7) is 1.71. The predicted molar refractivity (Wildman–Crippen MR) is 103 cm³/mol. The van der Waals surface area contributed by atoms with Crippen LogP contribution in [-0.4, -0.2) is 55.2 Å². The Morgan fingerprint density at radius 2 is 2.07 bits per heavy atom. The van der Waals surface area contributed by atoms with Gasteiger partial charge >= 0.3 is 11.9 Å². The molecule has 30 heavy (non-hydrogen) atoms. The average molecular weight is 430 g/mol. The van der Waals surface area contributed by atoms with Crippen LogP contribution in [-0.2, 0) is 24.9 Å². The van der Waals surface area contributed by atoms with Crippen molar-refractivity contribution in [2.75, 3.05) is 13.1 Å². The molecule has 9 nitrogen and oxygen atoms in total.